The van der Waals surface area contributed by atoms with Crippen LogP contribution < -0.4 is 5.32 Å². The summed E-state index contributed by atoms with van der Waals surface area (Å²) in [5.74, 6) is 0.477. The standard InChI is InChI=1S/C18H24N4O/c1-13-3-2-4-17-19-16(12-22(13)17)11-21-9-7-14(8-10-21)18(23)20-15-5-6-15/h2-4,12,14-15H,5-11H2,1H3,(H,20,23). The molecule has 1 aliphatic carbocycles. The number of carbonyl (C=O) groups excluding carboxylic acids is 1. The van der Waals surface area contributed by atoms with Crippen LogP contribution in [0.3, 0.4) is 0 Å². The van der Waals surface area contributed by atoms with Crippen LogP contribution in [0.25, 0.3) is 5.65 Å². The van der Waals surface area contributed by atoms with Crippen LogP contribution in [-0.2, 0) is 11.3 Å². The lowest BCUT2D eigenvalue weighted by molar-refractivity contribution is -0.126. The third kappa shape index (κ3) is 3.24. The van der Waals surface area contributed by atoms with Gasteiger partial charge < -0.3 is 9.72 Å². The van der Waals surface area contributed by atoms with E-state index in [4.69, 9.17) is 4.98 Å². The zero-order valence-electron chi connectivity index (χ0n) is 13.7. The Labute approximate surface area is 136 Å². The zero-order valence-corrected chi connectivity index (χ0v) is 13.7. The Kier molecular flexibility index (Phi) is 3.81. The summed E-state index contributed by atoms with van der Waals surface area (Å²) in [7, 11) is 0. The van der Waals surface area contributed by atoms with E-state index in [9.17, 15) is 4.79 Å². The summed E-state index contributed by atoms with van der Waals surface area (Å²) in [4.78, 5) is 19.2. The quantitative estimate of drug-likeness (QED) is 0.941. The van der Waals surface area contributed by atoms with Crippen LogP contribution >= 0.6 is 0 Å². The summed E-state index contributed by atoms with van der Waals surface area (Å²) in [6.45, 7) is 4.94. The molecule has 2 aromatic rings. The van der Waals surface area contributed by atoms with E-state index in [1.165, 1.54) is 5.69 Å². The summed E-state index contributed by atoms with van der Waals surface area (Å²) in [5, 5.41) is 3.14. The largest absolute Gasteiger partial charge is 0.353 e. The number of fused-ring (bicyclic) bond motifs is 1. The average molecular weight is 312 g/mol. The number of nitrogens with zero attached hydrogens (tertiary/aromatic N) is 3. The molecule has 0 atom stereocenters. The average Bonchev–Trinajstić information content (AvgIpc) is 3.25. The van der Waals surface area contributed by atoms with Gasteiger partial charge >= 0.3 is 0 Å². The molecule has 0 spiro atoms. The molecule has 5 heteroatoms. The Bertz CT molecular complexity index is 711. The predicted molar refractivity (Wildman–Crippen MR) is 89.1 cm³/mol. The highest BCUT2D eigenvalue weighted by atomic mass is 16.2. The van der Waals surface area contributed by atoms with Gasteiger partial charge in [-0.05, 0) is 57.8 Å². The number of hydrogen-bond donors (Lipinski definition) is 1. The number of pyridine rings is 1. The minimum atomic E-state index is 0.204. The van der Waals surface area contributed by atoms with Crippen LogP contribution in [0, 0.1) is 12.8 Å². The highest BCUT2D eigenvalue weighted by Crippen LogP contribution is 2.23. The van der Waals surface area contributed by atoms with Crippen molar-refractivity contribution in [1.82, 2.24) is 19.6 Å². The second-order valence-corrected chi connectivity index (χ2v) is 6.96. The molecule has 1 saturated carbocycles. The van der Waals surface area contributed by atoms with Crippen molar-refractivity contribution >= 4 is 11.6 Å². The maximum Gasteiger partial charge on any atom is 0.223 e. The minimum Gasteiger partial charge on any atom is -0.353 e. The number of likely N-dealkylation sites (tertiary alicyclic amines) is 1. The van der Waals surface area contributed by atoms with E-state index >= 15 is 0 Å². The summed E-state index contributed by atoms with van der Waals surface area (Å²) < 4.78 is 2.14. The number of nitrogens with one attached hydrogen (secondary N) is 1. The van der Waals surface area contributed by atoms with Crippen LogP contribution in [0.1, 0.15) is 37.1 Å². The smallest absolute Gasteiger partial charge is 0.223 e. The molecule has 2 aliphatic rings. The Hall–Kier alpha value is -1.88. The fourth-order valence-electron chi connectivity index (χ4n) is 3.40. The number of carbonyl (C=O) groups is 1. The van der Waals surface area contributed by atoms with Gasteiger partial charge in [-0.3, -0.25) is 9.69 Å². The minimum absolute atomic E-state index is 0.204. The lowest BCUT2D eigenvalue weighted by Gasteiger charge is -2.30. The van der Waals surface area contributed by atoms with E-state index in [2.05, 4.69) is 33.8 Å². The molecular formula is C18H24N4O. The molecule has 1 aliphatic heterocycles. The molecule has 2 aromatic heterocycles. The fraction of sp³-hybridized carbons (Fsp3) is 0.556. The van der Waals surface area contributed by atoms with Crippen LogP contribution in [0.5, 0.6) is 0 Å². The first-order valence-electron chi connectivity index (χ1n) is 8.65. The van der Waals surface area contributed by atoms with E-state index in [1.54, 1.807) is 0 Å². The Morgan fingerprint density at radius 1 is 1.26 bits per heavy atom. The van der Waals surface area contributed by atoms with E-state index in [1.807, 2.05) is 12.1 Å². The summed E-state index contributed by atoms with van der Waals surface area (Å²) in [6, 6.07) is 6.67. The van der Waals surface area contributed by atoms with Crippen molar-refractivity contribution < 1.29 is 4.79 Å². The van der Waals surface area contributed by atoms with Gasteiger partial charge in [-0.15, -0.1) is 0 Å². The van der Waals surface area contributed by atoms with Crippen LogP contribution in [0.15, 0.2) is 24.4 Å². The topological polar surface area (TPSA) is 49.6 Å². The first-order valence-corrected chi connectivity index (χ1v) is 8.65. The number of imidazole rings is 1. The lowest BCUT2D eigenvalue weighted by atomic mass is 9.96. The Balaban J connectivity index is 1.34. The molecule has 3 heterocycles. The molecule has 2 fully saturated rings. The van der Waals surface area contributed by atoms with Gasteiger partial charge in [-0.1, -0.05) is 6.07 Å². The molecule has 0 bridgehead atoms. The van der Waals surface area contributed by atoms with E-state index in [0.717, 1.165) is 56.7 Å². The van der Waals surface area contributed by atoms with Crippen molar-refractivity contribution in [2.24, 2.45) is 5.92 Å². The molecule has 1 amide bonds. The predicted octanol–water partition coefficient (Wildman–Crippen LogP) is 2.13. The molecule has 122 valence electrons. The Morgan fingerprint density at radius 3 is 2.74 bits per heavy atom. The first-order chi connectivity index (χ1) is 11.2. The maximum atomic E-state index is 12.1. The molecule has 0 radical (unpaired) electrons. The molecule has 5 nitrogen and oxygen atoms in total. The third-order valence-corrected chi connectivity index (χ3v) is 5.01. The summed E-state index contributed by atoms with van der Waals surface area (Å²) in [6.07, 6.45) is 6.39. The van der Waals surface area contributed by atoms with E-state index in [-0.39, 0.29) is 11.8 Å². The second-order valence-electron chi connectivity index (χ2n) is 6.96. The number of amides is 1. The van der Waals surface area contributed by atoms with Gasteiger partial charge in [0, 0.05) is 30.4 Å². The monoisotopic (exact) mass is 312 g/mol. The Morgan fingerprint density at radius 2 is 2.04 bits per heavy atom. The molecule has 23 heavy (non-hydrogen) atoms. The number of rotatable bonds is 4. The first kappa shape index (κ1) is 14.7. The van der Waals surface area contributed by atoms with Crippen molar-refractivity contribution in [3.05, 3.63) is 35.8 Å². The molecule has 1 N–H and O–H groups in total. The van der Waals surface area contributed by atoms with Gasteiger partial charge in [0.05, 0.1) is 5.69 Å². The molecule has 0 aromatic carbocycles. The molecule has 4 rings (SSSR count). The van der Waals surface area contributed by atoms with Crippen molar-refractivity contribution in [1.29, 1.82) is 0 Å². The van der Waals surface area contributed by atoms with Crippen molar-refractivity contribution in [3.63, 3.8) is 0 Å². The van der Waals surface area contributed by atoms with Gasteiger partial charge in [0.15, 0.2) is 0 Å². The van der Waals surface area contributed by atoms with Gasteiger partial charge in [0.1, 0.15) is 5.65 Å². The maximum absolute atomic E-state index is 12.1. The van der Waals surface area contributed by atoms with Crippen LogP contribution in [0.4, 0.5) is 0 Å². The van der Waals surface area contributed by atoms with Crippen molar-refractivity contribution in [2.75, 3.05) is 13.1 Å². The van der Waals surface area contributed by atoms with Crippen LogP contribution in [-0.4, -0.2) is 39.3 Å². The fourth-order valence-corrected chi connectivity index (χ4v) is 3.40. The van der Waals surface area contributed by atoms with Crippen molar-refractivity contribution in [3.8, 4) is 0 Å². The van der Waals surface area contributed by atoms with Crippen molar-refractivity contribution in [2.45, 2.75) is 45.2 Å². The van der Waals surface area contributed by atoms with E-state index < -0.39 is 0 Å². The van der Waals surface area contributed by atoms with Gasteiger partial charge in [0.2, 0.25) is 5.91 Å². The molecule has 1 saturated heterocycles. The number of hydrogen-bond acceptors (Lipinski definition) is 3. The number of aromatic nitrogens is 2. The zero-order chi connectivity index (χ0) is 15.8. The highest BCUT2D eigenvalue weighted by molar-refractivity contribution is 5.79. The highest BCUT2D eigenvalue weighted by Gasteiger charge is 2.29. The normalized spacial score (nSPS) is 20.0. The van der Waals surface area contributed by atoms with Gasteiger partial charge in [0.25, 0.3) is 0 Å². The second kappa shape index (κ2) is 5.96. The number of aryl methyl sites for hydroxylation is 1. The van der Waals surface area contributed by atoms with Crippen LogP contribution in [0.2, 0.25) is 0 Å². The molecular weight excluding hydrogens is 288 g/mol. The summed E-state index contributed by atoms with van der Waals surface area (Å²) >= 11 is 0. The number of piperidine rings is 1. The lowest BCUT2D eigenvalue weighted by Crippen LogP contribution is -2.40. The van der Waals surface area contributed by atoms with Gasteiger partial charge in [-0.25, -0.2) is 4.98 Å². The molecule has 0 unspecified atom stereocenters. The van der Waals surface area contributed by atoms with E-state index in [0.29, 0.717) is 6.04 Å². The SMILES string of the molecule is Cc1cccc2nc(CN3CCC(C(=O)NC4CC4)CC3)cn12. The van der Waals surface area contributed by atoms with Gasteiger partial charge in [-0.2, -0.15) is 0 Å². The summed E-state index contributed by atoms with van der Waals surface area (Å²) in [5.41, 5.74) is 3.33. The third-order valence-electron chi connectivity index (χ3n) is 5.01.